The Balaban J connectivity index is 1.04. The van der Waals surface area contributed by atoms with Crippen molar-refractivity contribution in [1.82, 2.24) is 24.6 Å². The van der Waals surface area contributed by atoms with Crippen molar-refractivity contribution >= 4 is 34.9 Å². The molecule has 2 aromatic carbocycles. The van der Waals surface area contributed by atoms with Crippen LogP contribution in [0.3, 0.4) is 0 Å². The number of pyridine rings is 1. The first-order valence-electron chi connectivity index (χ1n) is 16.2. The van der Waals surface area contributed by atoms with Crippen LogP contribution in [0.5, 0.6) is 0 Å². The van der Waals surface area contributed by atoms with Gasteiger partial charge in [0.25, 0.3) is 0 Å². The number of piperazine rings is 1. The maximum absolute atomic E-state index is 15.6. The molecule has 0 amide bonds. The first-order chi connectivity index (χ1) is 22.4. The van der Waals surface area contributed by atoms with E-state index >= 15 is 4.39 Å². The lowest BCUT2D eigenvalue weighted by atomic mass is 9.84. The summed E-state index contributed by atoms with van der Waals surface area (Å²) in [5, 5.41) is 7.76. The van der Waals surface area contributed by atoms with Crippen LogP contribution < -0.4 is 20.9 Å². The number of rotatable bonds is 8. The van der Waals surface area contributed by atoms with Gasteiger partial charge in [-0.1, -0.05) is 30.3 Å². The van der Waals surface area contributed by atoms with Crippen molar-refractivity contribution in [2.75, 3.05) is 67.2 Å². The van der Waals surface area contributed by atoms with E-state index in [-0.39, 0.29) is 17.9 Å². The number of piperidine rings is 1. The Kier molecular flexibility index (Phi) is 7.24. The fraction of sp³-hybridized carbons (Fsp3) is 0.412. The molecule has 3 fully saturated rings. The molecule has 46 heavy (non-hydrogen) atoms. The molecule has 2 bridgehead atoms. The van der Waals surface area contributed by atoms with Crippen molar-refractivity contribution in [2.24, 2.45) is 5.92 Å². The number of halogens is 1. The van der Waals surface area contributed by atoms with Gasteiger partial charge in [0.2, 0.25) is 11.9 Å². The standard InChI is InChI=1S/C34H38FN9O2/c1-46-32(45)28-20-43(16-15-42(28)19-21-7-8-21)27-10-9-24(17-26(27)35)37-34-39-33(36)44(40-34)29-18-25(22-5-3-2-4-6-22)31-30(38-29)23-11-13-41(31)14-12-23/h2-6,9-10,17-18,21,23,28H,7-8,11-16,19-20H2,1H3,(H3,36,37,39,40)/t28-/m0/s1. The molecular formula is C34H38FN9O2. The van der Waals surface area contributed by atoms with Crippen LogP contribution in [0.15, 0.2) is 54.6 Å². The Hall–Kier alpha value is -4.71. The van der Waals surface area contributed by atoms with Crippen molar-refractivity contribution in [2.45, 2.75) is 37.6 Å². The number of methoxy groups -OCH3 is 1. The van der Waals surface area contributed by atoms with Crippen LogP contribution in [-0.4, -0.2) is 83.0 Å². The molecule has 5 aliphatic rings. The second-order valence-corrected chi connectivity index (χ2v) is 12.8. The number of aromatic nitrogens is 4. The number of anilines is 5. The zero-order chi connectivity index (χ0) is 31.4. The highest BCUT2D eigenvalue weighted by Crippen LogP contribution is 2.47. The van der Waals surface area contributed by atoms with Crippen molar-refractivity contribution in [3.05, 3.63) is 66.1 Å². The number of nitrogen functional groups attached to an aromatic ring is 1. The maximum atomic E-state index is 15.6. The van der Waals surface area contributed by atoms with Gasteiger partial charge in [-0.15, -0.1) is 5.10 Å². The molecule has 6 heterocycles. The molecule has 3 N–H and O–H groups in total. The Morgan fingerprint density at radius 2 is 1.80 bits per heavy atom. The summed E-state index contributed by atoms with van der Waals surface area (Å²) >= 11 is 0. The molecule has 2 aromatic heterocycles. The van der Waals surface area contributed by atoms with E-state index in [2.05, 4.69) is 37.3 Å². The molecule has 0 spiro atoms. The summed E-state index contributed by atoms with van der Waals surface area (Å²) in [6, 6.07) is 16.9. The van der Waals surface area contributed by atoms with Crippen molar-refractivity contribution in [3.63, 3.8) is 0 Å². The fourth-order valence-corrected chi connectivity index (χ4v) is 7.25. The monoisotopic (exact) mass is 623 g/mol. The molecule has 4 aliphatic heterocycles. The van der Waals surface area contributed by atoms with E-state index in [4.69, 9.17) is 15.5 Å². The van der Waals surface area contributed by atoms with Crippen LogP contribution in [0, 0.1) is 11.7 Å². The molecule has 11 nitrogen and oxygen atoms in total. The summed E-state index contributed by atoms with van der Waals surface area (Å²) in [6.07, 6.45) is 4.57. The zero-order valence-electron chi connectivity index (χ0n) is 25.9. The van der Waals surface area contributed by atoms with E-state index < -0.39 is 11.9 Å². The van der Waals surface area contributed by atoms with E-state index in [0.29, 0.717) is 48.7 Å². The van der Waals surface area contributed by atoms with Crippen LogP contribution in [0.1, 0.15) is 37.3 Å². The van der Waals surface area contributed by atoms with Gasteiger partial charge < -0.3 is 25.6 Å². The molecule has 1 aliphatic carbocycles. The van der Waals surface area contributed by atoms with Crippen molar-refractivity contribution in [3.8, 4) is 16.9 Å². The summed E-state index contributed by atoms with van der Waals surface area (Å²) in [5.41, 5.74) is 11.8. The van der Waals surface area contributed by atoms with E-state index in [1.165, 1.54) is 31.7 Å². The average Bonchev–Trinajstić information content (AvgIpc) is 3.84. The van der Waals surface area contributed by atoms with Gasteiger partial charge in [-0.3, -0.25) is 9.69 Å². The minimum atomic E-state index is -0.417. The van der Waals surface area contributed by atoms with Crippen molar-refractivity contribution in [1.29, 1.82) is 0 Å². The lowest BCUT2D eigenvalue weighted by molar-refractivity contribution is -0.147. The van der Waals surface area contributed by atoms with Gasteiger partial charge in [-0.05, 0) is 61.4 Å². The number of nitrogens with zero attached hydrogens (tertiary/aromatic N) is 7. The van der Waals surface area contributed by atoms with E-state index in [1.54, 1.807) is 16.8 Å². The van der Waals surface area contributed by atoms with Crippen LogP contribution in [0.4, 0.5) is 33.3 Å². The van der Waals surface area contributed by atoms with Gasteiger partial charge in [-0.25, -0.2) is 9.37 Å². The van der Waals surface area contributed by atoms with Crippen LogP contribution in [0.2, 0.25) is 0 Å². The third-order valence-electron chi connectivity index (χ3n) is 9.84. The number of carbonyl (C=O) groups excluding carboxylic acids is 1. The van der Waals surface area contributed by atoms with Crippen LogP contribution in [0.25, 0.3) is 16.9 Å². The predicted molar refractivity (Wildman–Crippen MR) is 175 cm³/mol. The Morgan fingerprint density at radius 3 is 2.54 bits per heavy atom. The number of nitrogens with two attached hydrogens (primary N) is 1. The lowest BCUT2D eigenvalue weighted by Crippen LogP contribution is -2.57. The Labute approximate surface area is 267 Å². The molecule has 4 aromatic rings. The van der Waals surface area contributed by atoms with Gasteiger partial charge in [-0.2, -0.15) is 9.67 Å². The summed E-state index contributed by atoms with van der Waals surface area (Å²) in [7, 11) is 1.41. The van der Waals surface area contributed by atoms with Gasteiger partial charge in [0.1, 0.15) is 11.9 Å². The summed E-state index contributed by atoms with van der Waals surface area (Å²) < 4.78 is 22.2. The number of ether oxygens (including phenoxy) is 1. The smallest absolute Gasteiger partial charge is 0.324 e. The Bertz CT molecular complexity index is 1770. The second-order valence-electron chi connectivity index (χ2n) is 12.8. The lowest BCUT2D eigenvalue weighted by Gasteiger charge is -2.42. The topological polar surface area (TPSA) is 118 Å². The van der Waals surface area contributed by atoms with Gasteiger partial charge >= 0.3 is 5.97 Å². The SMILES string of the molecule is COC(=O)[C@@H]1CN(c2ccc(Nc3nc(N)n(-c4cc(-c5ccccc5)c5c(n4)C4CCN5CC4)n3)cc2F)CCN1CC1CC1. The third-order valence-corrected chi connectivity index (χ3v) is 9.84. The first kappa shape index (κ1) is 28.7. The number of hydrogen-bond donors (Lipinski definition) is 2. The largest absolute Gasteiger partial charge is 0.468 e. The fourth-order valence-electron chi connectivity index (χ4n) is 7.25. The third kappa shape index (κ3) is 5.30. The average molecular weight is 624 g/mol. The molecule has 238 valence electrons. The number of benzene rings is 2. The van der Waals surface area contributed by atoms with Gasteiger partial charge in [0.05, 0.1) is 24.2 Å². The molecule has 9 rings (SSSR count). The number of esters is 1. The van der Waals surface area contributed by atoms with Gasteiger partial charge in [0.15, 0.2) is 5.82 Å². The number of carbonyl (C=O) groups is 1. The molecule has 0 radical (unpaired) electrons. The van der Waals surface area contributed by atoms with E-state index in [9.17, 15) is 4.79 Å². The van der Waals surface area contributed by atoms with Crippen molar-refractivity contribution < 1.29 is 13.9 Å². The summed E-state index contributed by atoms with van der Waals surface area (Å²) in [5.74, 6) is 1.40. The quantitative estimate of drug-likeness (QED) is 0.271. The number of nitrogens with one attached hydrogen (secondary N) is 1. The highest BCUT2D eigenvalue weighted by atomic mass is 19.1. The zero-order valence-corrected chi connectivity index (χ0v) is 25.9. The van der Waals surface area contributed by atoms with Gasteiger partial charge in [0, 0.05) is 56.4 Å². The van der Waals surface area contributed by atoms with E-state index in [1.807, 2.05) is 29.2 Å². The maximum Gasteiger partial charge on any atom is 0.324 e. The second kappa shape index (κ2) is 11.6. The van der Waals surface area contributed by atoms with Crippen LogP contribution >= 0.6 is 0 Å². The normalized spacial score (nSPS) is 19.7. The van der Waals surface area contributed by atoms with E-state index in [0.717, 1.165) is 49.3 Å². The predicted octanol–water partition coefficient (Wildman–Crippen LogP) is 4.57. The highest BCUT2D eigenvalue weighted by Gasteiger charge is 2.38. The molecule has 1 saturated carbocycles. The Morgan fingerprint density at radius 1 is 1.00 bits per heavy atom. The molecule has 0 unspecified atom stereocenters. The summed E-state index contributed by atoms with van der Waals surface area (Å²) in [4.78, 5) is 28.7. The number of fused-ring (bicyclic) bond motifs is 2. The molecular weight excluding hydrogens is 585 g/mol. The minimum Gasteiger partial charge on any atom is -0.468 e. The first-order valence-corrected chi connectivity index (χ1v) is 16.2. The molecule has 2 saturated heterocycles. The highest BCUT2D eigenvalue weighted by molar-refractivity contribution is 5.83. The number of hydrogen-bond acceptors (Lipinski definition) is 10. The van der Waals surface area contributed by atoms with Crippen LogP contribution in [-0.2, 0) is 9.53 Å². The summed E-state index contributed by atoms with van der Waals surface area (Å²) in [6.45, 7) is 4.64. The minimum absolute atomic E-state index is 0.185. The molecule has 12 heteroatoms. The molecule has 1 atom stereocenters.